The lowest BCUT2D eigenvalue weighted by molar-refractivity contribution is -0.129. The standard InChI is InChI=1S/C27H32N4O5S2/c1-27(2,3)16-20(30-26(34)23-15-18-9-4-5-11-22(18)37-23)25(33)29-19-10-8-14-31(17-21(19)32)38(35,36)24-12-6-7-13-28-24/h4-7,9,11-13,15,19-20H,8,10,14,16-17H2,1-3H3,(H,29,33)(H,30,34)/t19?,20-/m0/s1. The molecule has 2 amide bonds. The number of carbonyl (C=O) groups excluding carboxylic acids is 3. The van der Waals surface area contributed by atoms with Gasteiger partial charge in [-0.05, 0) is 54.3 Å². The van der Waals surface area contributed by atoms with Gasteiger partial charge < -0.3 is 10.6 Å². The van der Waals surface area contributed by atoms with Crippen LogP contribution in [0.1, 0.15) is 49.7 Å². The van der Waals surface area contributed by atoms with E-state index in [-0.39, 0.29) is 29.4 Å². The highest BCUT2D eigenvalue weighted by Crippen LogP contribution is 2.26. The summed E-state index contributed by atoms with van der Waals surface area (Å²) in [7, 11) is -3.94. The highest BCUT2D eigenvalue weighted by atomic mass is 32.2. The summed E-state index contributed by atoms with van der Waals surface area (Å²) >= 11 is 1.35. The molecule has 2 atom stereocenters. The Hall–Kier alpha value is -3.15. The number of benzene rings is 1. The van der Waals surface area contributed by atoms with E-state index >= 15 is 0 Å². The summed E-state index contributed by atoms with van der Waals surface area (Å²) in [5.74, 6) is -1.22. The van der Waals surface area contributed by atoms with Gasteiger partial charge in [0.2, 0.25) is 5.91 Å². The highest BCUT2D eigenvalue weighted by molar-refractivity contribution is 7.89. The molecule has 3 aromatic rings. The minimum absolute atomic E-state index is 0.121. The zero-order valence-corrected chi connectivity index (χ0v) is 23.3. The van der Waals surface area contributed by atoms with E-state index in [0.717, 1.165) is 14.4 Å². The molecule has 3 heterocycles. The molecule has 1 unspecified atom stereocenters. The first-order chi connectivity index (χ1) is 17.9. The Morgan fingerprint density at radius 2 is 1.89 bits per heavy atom. The fourth-order valence-corrected chi connectivity index (χ4v) is 6.74. The number of rotatable bonds is 7. The second-order valence-corrected chi connectivity index (χ2v) is 13.6. The molecule has 11 heteroatoms. The molecule has 202 valence electrons. The van der Waals surface area contributed by atoms with Gasteiger partial charge in [0.1, 0.15) is 6.04 Å². The molecule has 1 saturated heterocycles. The Morgan fingerprint density at radius 3 is 2.58 bits per heavy atom. The van der Waals surface area contributed by atoms with Crippen LogP contribution in [-0.4, -0.2) is 60.5 Å². The maximum Gasteiger partial charge on any atom is 0.262 e. The molecule has 38 heavy (non-hydrogen) atoms. The molecule has 0 bridgehead atoms. The number of hydrogen-bond donors (Lipinski definition) is 2. The van der Waals surface area contributed by atoms with E-state index in [0.29, 0.717) is 24.1 Å². The second kappa shape index (κ2) is 11.3. The first kappa shape index (κ1) is 27.9. The van der Waals surface area contributed by atoms with Crippen molar-refractivity contribution in [3.63, 3.8) is 0 Å². The summed E-state index contributed by atoms with van der Waals surface area (Å²) in [6, 6.07) is 12.3. The van der Waals surface area contributed by atoms with E-state index in [1.165, 1.54) is 23.6 Å². The average molecular weight is 557 g/mol. The molecule has 1 fully saturated rings. The first-order valence-corrected chi connectivity index (χ1v) is 14.7. The molecule has 0 aliphatic carbocycles. The molecular weight excluding hydrogens is 524 g/mol. The Kier molecular flexibility index (Phi) is 8.29. The minimum Gasteiger partial charge on any atom is -0.344 e. The van der Waals surface area contributed by atoms with Gasteiger partial charge in [-0.3, -0.25) is 14.4 Å². The molecule has 0 spiro atoms. The summed E-state index contributed by atoms with van der Waals surface area (Å²) in [6.45, 7) is 5.69. The molecule has 2 N–H and O–H groups in total. The number of Topliss-reactive ketones (excluding diaryl/α,β-unsaturated/α-hetero) is 1. The molecule has 4 rings (SSSR count). The van der Waals surface area contributed by atoms with Crippen LogP contribution in [0.3, 0.4) is 0 Å². The van der Waals surface area contributed by atoms with E-state index in [1.54, 1.807) is 18.2 Å². The van der Waals surface area contributed by atoms with Crippen LogP contribution < -0.4 is 10.6 Å². The number of carbonyl (C=O) groups is 3. The Morgan fingerprint density at radius 1 is 1.16 bits per heavy atom. The molecule has 2 aromatic heterocycles. The van der Waals surface area contributed by atoms with Crippen LogP contribution in [0.15, 0.2) is 59.8 Å². The van der Waals surface area contributed by atoms with Crippen LogP contribution >= 0.6 is 11.3 Å². The van der Waals surface area contributed by atoms with Crippen LogP contribution in [0.25, 0.3) is 10.1 Å². The predicted octanol–water partition coefficient (Wildman–Crippen LogP) is 3.37. The molecule has 0 saturated carbocycles. The van der Waals surface area contributed by atoms with Gasteiger partial charge in [0.05, 0.1) is 17.5 Å². The van der Waals surface area contributed by atoms with Crippen molar-refractivity contribution in [3.8, 4) is 0 Å². The number of fused-ring (bicyclic) bond motifs is 1. The number of pyridine rings is 1. The van der Waals surface area contributed by atoms with E-state index in [4.69, 9.17) is 0 Å². The van der Waals surface area contributed by atoms with Gasteiger partial charge in [-0.15, -0.1) is 11.3 Å². The van der Waals surface area contributed by atoms with Gasteiger partial charge in [0, 0.05) is 17.4 Å². The number of thiophene rings is 1. The maximum atomic E-state index is 13.4. The third-order valence-corrected chi connectivity index (χ3v) is 9.14. The smallest absolute Gasteiger partial charge is 0.262 e. The van der Waals surface area contributed by atoms with E-state index < -0.39 is 33.8 Å². The van der Waals surface area contributed by atoms with Crippen molar-refractivity contribution in [2.75, 3.05) is 13.1 Å². The number of amides is 2. The van der Waals surface area contributed by atoms with Crippen molar-refractivity contribution in [2.45, 2.75) is 57.1 Å². The van der Waals surface area contributed by atoms with E-state index in [9.17, 15) is 22.8 Å². The van der Waals surface area contributed by atoms with Gasteiger partial charge in [-0.2, -0.15) is 4.31 Å². The summed E-state index contributed by atoms with van der Waals surface area (Å²) in [4.78, 5) is 43.9. The zero-order chi connectivity index (χ0) is 27.5. The SMILES string of the molecule is CC(C)(C)C[C@H](NC(=O)c1cc2ccccc2s1)C(=O)NC1CCCN(S(=O)(=O)c2ccccn2)CC1=O. The molecule has 0 radical (unpaired) electrons. The second-order valence-electron chi connectivity index (χ2n) is 10.6. The fraction of sp³-hybridized carbons (Fsp3) is 0.407. The van der Waals surface area contributed by atoms with Crippen molar-refractivity contribution in [2.24, 2.45) is 5.41 Å². The van der Waals surface area contributed by atoms with Gasteiger partial charge in [-0.1, -0.05) is 45.0 Å². The summed E-state index contributed by atoms with van der Waals surface area (Å²) < 4.78 is 28.0. The Labute approximate surface area is 226 Å². The van der Waals surface area contributed by atoms with Crippen molar-refractivity contribution >= 4 is 49.0 Å². The van der Waals surface area contributed by atoms with Crippen molar-refractivity contribution in [1.82, 2.24) is 19.9 Å². The van der Waals surface area contributed by atoms with Gasteiger partial charge in [0.15, 0.2) is 10.8 Å². The van der Waals surface area contributed by atoms with E-state index in [1.807, 2.05) is 45.0 Å². The number of nitrogens with zero attached hydrogens (tertiary/aromatic N) is 2. The van der Waals surface area contributed by atoms with Crippen molar-refractivity contribution < 1.29 is 22.8 Å². The maximum absolute atomic E-state index is 13.4. The largest absolute Gasteiger partial charge is 0.344 e. The lowest BCUT2D eigenvalue weighted by Gasteiger charge is -2.27. The Balaban J connectivity index is 1.46. The number of nitrogens with one attached hydrogen (secondary N) is 2. The van der Waals surface area contributed by atoms with Crippen LogP contribution in [0.2, 0.25) is 0 Å². The topological polar surface area (TPSA) is 126 Å². The molecule has 1 aliphatic heterocycles. The van der Waals surface area contributed by atoms with Crippen LogP contribution in [0, 0.1) is 5.41 Å². The summed E-state index contributed by atoms with van der Waals surface area (Å²) in [5, 5.41) is 6.48. The zero-order valence-electron chi connectivity index (χ0n) is 21.6. The molecular formula is C27H32N4O5S2. The monoisotopic (exact) mass is 556 g/mol. The molecule has 1 aliphatic rings. The number of sulfonamides is 1. The van der Waals surface area contributed by atoms with Crippen LogP contribution in [0.5, 0.6) is 0 Å². The van der Waals surface area contributed by atoms with Crippen molar-refractivity contribution in [3.05, 3.63) is 59.6 Å². The van der Waals surface area contributed by atoms with Crippen LogP contribution in [0.4, 0.5) is 0 Å². The highest BCUT2D eigenvalue weighted by Gasteiger charge is 2.35. The Bertz CT molecular complexity index is 1400. The van der Waals surface area contributed by atoms with E-state index in [2.05, 4.69) is 15.6 Å². The first-order valence-electron chi connectivity index (χ1n) is 12.5. The molecule has 9 nitrogen and oxygen atoms in total. The fourth-order valence-electron chi connectivity index (χ4n) is 4.40. The van der Waals surface area contributed by atoms with Gasteiger partial charge in [0.25, 0.3) is 15.9 Å². The normalized spacial score (nSPS) is 18.1. The number of hydrogen-bond acceptors (Lipinski definition) is 7. The van der Waals surface area contributed by atoms with Crippen LogP contribution in [-0.2, 0) is 19.6 Å². The minimum atomic E-state index is -3.94. The predicted molar refractivity (Wildman–Crippen MR) is 146 cm³/mol. The third-order valence-electron chi connectivity index (χ3n) is 6.27. The van der Waals surface area contributed by atoms with Crippen molar-refractivity contribution in [1.29, 1.82) is 0 Å². The summed E-state index contributed by atoms with van der Waals surface area (Å²) in [5.41, 5.74) is -0.281. The third kappa shape index (κ3) is 6.64. The lowest BCUT2D eigenvalue weighted by Crippen LogP contribution is -2.53. The average Bonchev–Trinajstić information content (AvgIpc) is 3.22. The van der Waals surface area contributed by atoms with Gasteiger partial charge >= 0.3 is 0 Å². The number of aromatic nitrogens is 1. The van der Waals surface area contributed by atoms with Gasteiger partial charge in [-0.25, -0.2) is 13.4 Å². The molecule has 1 aromatic carbocycles. The lowest BCUT2D eigenvalue weighted by atomic mass is 9.87. The summed E-state index contributed by atoms with van der Waals surface area (Å²) in [6.07, 6.45) is 2.43. The quantitative estimate of drug-likeness (QED) is 0.460. The number of ketones is 1.